The quantitative estimate of drug-likeness (QED) is 0.710. The van der Waals surface area contributed by atoms with Gasteiger partial charge in [0.2, 0.25) is 5.91 Å². The first-order valence-corrected chi connectivity index (χ1v) is 7.04. The zero-order chi connectivity index (χ0) is 16.4. The molecule has 0 fully saturated rings. The Balaban J connectivity index is 2.48. The number of benzene rings is 1. The molecular weight excluding hydrogens is 280 g/mol. The van der Waals surface area contributed by atoms with Crippen molar-refractivity contribution in [1.82, 2.24) is 10.2 Å². The summed E-state index contributed by atoms with van der Waals surface area (Å²) in [4.78, 5) is 25.6. The molecule has 0 aliphatic rings. The van der Waals surface area contributed by atoms with Crippen LogP contribution in [-0.2, 0) is 4.79 Å². The number of ether oxygens (including phenoxy) is 1. The first kappa shape index (κ1) is 17.5. The summed E-state index contributed by atoms with van der Waals surface area (Å²) in [6.45, 7) is 8.45. The summed E-state index contributed by atoms with van der Waals surface area (Å²) in [6, 6.07) is 6.86. The predicted molar refractivity (Wildman–Crippen MR) is 86.9 cm³/mol. The molecule has 0 aromatic heterocycles. The summed E-state index contributed by atoms with van der Waals surface area (Å²) in [5.74, 6) is 0.336. The van der Waals surface area contributed by atoms with Crippen LogP contribution in [0.25, 0.3) is 0 Å². The molecule has 1 N–H and O–H groups in total. The maximum atomic E-state index is 12.0. The van der Waals surface area contributed by atoms with Crippen molar-refractivity contribution >= 4 is 11.8 Å². The lowest BCUT2D eigenvalue weighted by molar-refractivity contribution is -0.130. The maximum Gasteiger partial charge on any atom is 0.251 e. The molecule has 22 heavy (non-hydrogen) atoms. The molecule has 1 rings (SSSR count). The van der Waals surface area contributed by atoms with Crippen LogP contribution in [0.3, 0.4) is 0 Å². The SMILES string of the molecule is C=CCN(CC=C)C(=O)CCNC(=O)c1cccc(OC)c1. The van der Waals surface area contributed by atoms with Gasteiger partial charge in [-0.25, -0.2) is 0 Å². The monoisotopic (exact) mass is 302 g/mol. The van der Waals surface area contributed by atoms with Gasteiger partial charge in [0, 0.05) is 31.6 Å². The summed E-state index contributed by atoms with van der Waals surface area (Å²) >= 11 is 0. The number of amides is 2. The Bertz CT molecular complexity index is 530. The molecule has 0 saturated carbocycles. The molecule has 0 radical (unpaired) electrons. The molecule has 5 nitrogen and oxygen atoms in total. The molecule has 0 atom stereocenters. The molecule has 0 heterocycles. The number of nitrogens with zero attached hydrogens (tertiary/aromatic N) is 1. The topological polar surface area (TPSA) is 58.6 Å². The maximum absolute atomic E-state index is 12.0. The third-order valence-corrected chi connectivity index (χ3v) is 3.01. The highest BCUT2D eigenvalue weighted by Gasteiger charge is 2.11. The fraction of sp³-hybridized carbons (Fsp3) is 0.294. The number of nitrogens with one attached hydrogen (secondary N) is 1. The van der Waals surface area contributed by atoms with Crippen molar-refractivity contribution in [2.45, 2.75) is 6.42 Å². The lowest BCUT2D eigenvalue weighted by Crippen LogP contribution is -2.34. The van der Waals surface area contributed by atoms with Crippen molar-refractivity contribution < 1.29 is 14.3 Å². The molecule has 1 aromatic rings. The fourth-order valence-electron chi connectivity index (χ4n) is 1.90. The third kappa shape index (κ3) is 5.44. The van der Waals surface area contributed by atoms with E-state index in [1.807, 2.05) is 0 Å². The van der Waals surface area contributed by atoms with Crippen LogP contribution < -0.4 is 10.1 Å². The number of hydrogen-bond donors (Lipinski definition) is 1. The van der Waals surface area contributed by atoms with Crippen molar-refractivity contribution in [2.24, 2.45) is 0 Å². The second kappa shape index (κ2) is 9.39. The summed E-state index contributed by atoms with van der Waals surface area (Å²) in [5, 5.41) is 2.73. The molecule has 0 aliphatic heterocycles. The van der Waals surface area contributed by atoms with Crippen molar-refractivity contribution in [3.8, 4) is 5.75 Å². The molecule has 1 aromatic carbocycles. The van der Waals surface area contributed by atoms with E-state index in [4.69, 9.17) is 4.74 Å². The van der Waals surface area contributed by atoms with E-state index in [2.05, 4.69) is 18.5 Å². The molecule has 0 spiro atoms. The van der Waals surface area contributed by atoms with E-state index in [1.54, 1.807) is 48.4 Å². The van der Waals surface area contributed by atoms with Gasteiger partial charge in [-0.05, 0) is 18.2 Å². The Morgan fingerprint density at radius 3 is 2.55 bits per heavy atom. The number of methoxy groups -OCH3 is 1. The minimum absolute atomic E-state index is 0.0502. The van der Waals surface area contributed by atoms with Crippen LogP contribution in [0.5, 0.6) is 5.75 Å². The minimum atomic E-state index is -0.231. The third-order valence-electron chi connectivity index (χ3n) is 3.01. The Labute approximate surface area is 131 Å². The van der Waals surface area contributed by atoms with Crippen LogP contribution in [-0.4, -0.2) is 43.5 Å². The average molecular weight is 302 g/mol. The van der Waals surface area contributed by atoms with Crippen molar-refractivity contribution in [2.75, 3.05) is 26.7 Å². The van der Waals surface area contributed by atoms with Crippen LogP contribution in [0.4, 0.5) is 0 Å². The molecule has 0 bridgehead atoms. The molecule has 118 valence electrons. The Morgan fingerprint density at radius 1 is 1.27 bits per heavy atom. The summed E-state index contributed by atoms with van der Waals surface area (Å²) in [6.07, 6.45) is 3.56. The smallest absolute Gasteiger partial charge is 0.251 e. The highest BCUT2D eigenvalue weighted by atomic mass is 16.5. The van der Waals surface area contributed by atoms with Crippen molar-refractivity contribution in [3.63, 3.8) is 0 Å². The highest BCUT2D eigenvalue weighted by molar-refractivity contribution is 5.94. The van der Waals surface area contributed by atoms with Gasteiger partial charge < -0.3 is 15.0 Å². The van der Waals surface area contributed by atoms with E-state index in [1.165, 1.54) is 0 Å². The minimum Gasteiger partial charge on any atom is -0.497 e. The summed E-state index contributed by atoms with van der Waals surface area (Å²) in [7, 11) is 1.55. The highest BCUT2D eigenvalue weighted by Crippen LogP contribution is 2.12. The van der Waals surface area contributed by atoms with E-state index < -0.39 is 0 Å². The van der Waals surface area contributed by atoms with Gasteiger partial charge in [-0.2, -0.15) is 0 Å². The van der Waals surface area contributed by atoms with Crippen LogP contribution in [0.2, 0.25) is 0 Å². The van der Waals surface area contributed by atoms with E-state index in [0.717, 1.165) is 0 Å². The van der Waals surface area contributed by atoms with Gasteiger partial charge in [0.05, 0.1) is 7.11 Å². The zero-order valence-corrected chi connectivity index (χ0v) is 12.9. The van der Waals surface area contributed by atoms with Crippen LogP contribution in [0.15, 0.2) is 49.6 Å². The van der Waals surface area contributed by atoms with Crippen LogP contribution in [0, 0.1) is 0 Å². The second-order valence-electron chi connectivity index (χ2n) is 4.61. The lowest BCUT2D eigenvalue weighted by atomic mass is 10.2. The zero-order valence-electron chi connectivity index (χ0n) is 12.9. The van der Waals surface area contributed by atoms with Gasteiger partial charge in [-0.15, -0.1) is 13.2 Å². The van der Waals surface area contributed by atoms with Gasteiger partial charge in [-0.1, -0.05) is 18.2 Å². The normalized spacial score (nSPS) is 9.68. The fourth-order valence-corrected chi connectivity index (χ4v) is 1.90. The second-order valence-corrected chi connectivity index (χ2v) is 4.61. The standard InChI is InChI=1S/C17H22N2O3/c1-4-11-19(12-5-2)16(20)9-10-18-17(21)14-7-6-8-15(13-14)22-3/h4-8,13H,1-2,9-12H2,3H3,(H,18,21). The van der Waals surface area contributed by atoms with Gasteiger partial charge >= 0.3 is 0 Å². The molecule has 0 unspecified atom stereocenters. The number of carbonyl (C=O) groups is 2. The van der Waals surface area contributed by atoms with Gasteiger partial charge in [0.15, 0.2) is 0 Å². The van der Waals surface area contributed by atoms with Crippen LogP contribution >= 0.6 is 0 Å². The first-order valence-electron chi connectivity index (χ1n) is 7.04. The molecular formula is C17H22N2O3. The molecule has 0 saturated heterocycles. The molecule has 2 amide bonds. The number of hydrogen-bond acceptors (Lipinski definition) is 3. The van der Waals surface area contributed by atoms with Crippen molar-refractivity contribution in [1.29, 1.82) is 0 Å². The number of carbonyl (C=O) groups excluding carboxylic acids is 2. The van der Waals surface area contributed by atoms with Crippen LogP contribution in [0.1, 0.15) is 16.8 Å². The largest absolute Gasteiger partial charge is 0.497 e. The first-order chi connectivity index (χ1) is 10.6. The summed E-state index contributed by atoms with van der Waals surface area (Å²) in [5.41, 5.74) is 0.501. The Kier molecular flexibility index (Phi) is 7.47. The van der Waals surface area contributed by atoms with E-state index in [-0.39, 0.29) is 24.8 Å². The average Bonchev–Trinajstić information content (AvgIpc) is 2.54. The van der Waals surface area contributed by atoms with E-state index in [9.17, 15) is 9.59 Å². The lowest BCUT2D eigenvalue weighted by Gasteiger charge is -2.19. The van der Waals surface area contributed by atoms with Crippen molar-refractivity contribution in [3.05, 3.63) is 55.1 Å². The molecule has 0 aliphatic carbocycles. The Morgan fingerprint density at radius 2 is 1.95 bits per heavy atom. The predicted octanol–water partition coefficient (Wildman–Crippen LogP) is 2.02. The Hall–Kier alpha value is -2.56. The molecule has 5 heteroatoms. The van der Waals surface area contributed by atoms with Gasteiger partial charge in [-0.3, -0.25) is 9.59 Å². The summed E-state index contributed by atoms with van der Waals surface area (Å²) < 4.78 is 5.07. The van der Waals surface area contributed by atoms with Gasteiger partial charge in [0.25, 0.3) is 5.91 Å². The number of rotatable bonds is 9. The van der Waals surface area contributed by atoms with E-state index in [0.29, 0.717) is 24.4 Å². The van der Waals surface area contributed by atoms with E-state index >= 15 is 0 Å². The van der Waals surface area contributed by atoms with Gasteiger partial charge in [0.1, 0.15) is 5.75 Å².